The maximum absolute atomic E-state index is 12.7. The Hall–Kier alpha value is -3.35. The third kappa shape index (κ3) is 4.93. The van der Waals surface area contributed by atoms with E-state index in [0.717, 1.165) is 35.1 Å². The number of hydrogen-bond acceptors (Lipinski definition) is 4. The highest BCUT2D eigenvalue weighted by molar-refractivity contribution is 5.86. The Morgan fingerprint density at radius 2 is 1.59 bits per heavy atom. The standard InChI is InChI=1S/C25H28N2O5/c1-15(10-13-22(28)29)26-24(30)23(16-11-12-16)27-25(31)32-14-21-19-8-4-2-6-17(19)18-7-3-5-9-20(18)21/h2-9,15-16,21,23H,10-14H2,1H3,(H,26,30)(H,27,31)(H,28,29). The number of hydrogen-bond donors (Lipinski definition) is 3. The van der Waals surface area contributed by atoms with Gasteiger partial charge in [-0.3, -0.25) is 9.59 Å². The van der Waals surface area contributed by atoms with Gasteiger partial charge >= 0.3 is 12.1 Å². The fraction of sp³-hybridized carbons (Fsp3) is 0.400. The Balaban J connectivity index is 1.36. The summed E-state index contributed by atoms with van der Waals surface area (Å²) < 4.78 is 5.57. The first kappa shape index (κ1) is 21.9. The fourth-order valence-corrected chi connectivity index (χ4v) is 4.34. The molecule has 2 unspecified atom stereocenters. The van der Waals surface area contributed by atoms with Gasteiger partial charge in [0.25, 0.3) is 0 Å². The molecule has 7 heteroatoms. The SMILES string of the molecule is CC(CCC(=O)O)NC(=O)C(NC(=O)OCC1c2ccccc2-c2ccccc21)C1CC1. The van der Waals surface area contributed by atoms with Gasteiger partial charge in [-0.1, -0.05) is 48.5 Å². The molecule has 2 aromatic rings. The molecule has 0 aliphatic heterocycles. The van der Waals surface area contributed by atoms with Crippen molar-refractivity contribution in [3.63, 3.8) is 0 Å². The molecule has 32 heavy (non-hydrogen) atoms. The maximum atomic E-state index is 12.7. The maximum Gasteiger partial charge on any atom is 0.407 e. The smallest absolute Gasteiger partial charge is 0.407 e. The fourth-order valence-electron chi connectivity index (χ4n) is 4.34. The summed E-state index contributed by atoms with van der Waals surface area (Å²) in [6, 6.07) is 15.3. The molecule has 1 fully saturated rings. The lowest BCUT2D eigenvalue weighted by Crippen LogP contribution is -2.50. The molecule has 0 heterocycles. The molecule has 7 nitrogen and oxygen atoms in total. The third-order valence-corrected chi connectivity index (χ3v) is 6.17. The Morgan fingerprint density at radius 1 is 1.00 bits per heavy atom. The third-order valence-electron chi connectivity index (χ3n) is 6.17. The van der Waals surface area contributed by atoms with Crippen molar-refractivity contribution in [3.05, 3.63) is 59.7 Å². The van der Waals surface area contributed by atoms with Crippen LogP contribution in [0.25, 0.3) is 11.1 Å². The zero-order valence-electron chi connectivity index (χ0n) is 18.0. The Morgan fingerprint density at radius 3 is 2.16 bits per heavy atom. The topological polar surface area (TPSA) is 105 Å². The van der Waals surface area contributed by atoms with Crippen LogP contribution in [0, 0.1) is 5.92 Å². The predicted octanol–water partition coefficient (Wildman–Crippen LogP) is 3.67. The van der Waals surface area contributed by atoms with Crippen LogP contribution in [0.2, 0.25) is 0 Å². The van der Waals surface area contributed by atoms with Crippen molar-refractivity contribution in [2.75, 3.05) is 6.61 Å². The van der Waals surface area contributed by atoms with E-state index in [2.05, 4.69) is 34.9 Å². The number of aliphatic carboxylic acids is 1. The van der Waals surface area contributed by atoms with E-state index in [4.69, 9.17) is 9.84 Å². The number of carbonyl (C=O) groups excluding carboxylic acids is 2. The van der Waals surface area contributed by atoms with Crippen LogP contribution in [-0.2, 0) is 14.3 Å². The van der Waals surface area contributed by atoms with Crippen LogP contribution in [0.4, 0.5) is 4.79 Å². The van der Waals surface area contributed by atoms with Gasteiger partial charge in [0, 0.05) is 18.4 Å². The van der Waals surface area contributed by atoms with Gasteiger partial charge in [0.15, 0.2) is 0 Å². The van der Waals surface area contributed by atoms with Crippen molar-refractivity contribution in [2.45, 2.75) is 50.6 Å². The number of ether oxygens (including phenoxy) is 1. The van der Waals surface area contributed by atoms with Gasteiger partial charge in [0.1, 0.15) is 12.6 Å². The van der Waals surface area contributed by atoms with Crippen LogP contribution in [0.15, 0.2) is 48.5 Å². The van der Waals surface area contributed by atoms with Crippen LogP contribution in [0.1, 0.15) is 49.7 Å². The van der Waals surface area contributed by atoms with Gasteiger partial charge in [-0.15, -0.1) is 0 Å². The highest BCUT2D eigenvalue weighted by Crippen LogP contribution is 2.44. The molecule has 0 aromatic heterocycles. The highest BCUT2D eigenvalue weighted by atomic mass is 16.5. The van der Waals surface area contributed by atoms with Crippen LogP contribution < -0.4 is 10.6 Å². The molecule has 168 valence electrons. The van der Waals surface area contributed by atoms with E-state index < -0.39 is 18.1 Å². The van der Waals surface area contributed by atoms with Crippen LogP contribution in [-0.4, -0.2) is 41.8 Å². The minimum Gasteiger partial charge on any atom is -0.481 e. The van der Waals surface area contributed by atoms with E-state index in [1.54, 1.807) is 6.92 Å². The Kier molecular flexibility index (Phi) is 6.44. The monoisotopic (exact) mass is 436 g/mol. The molecule has 4 rings (SSSR count). The second-order valence-electron chi connectivity index (χ2n) is 8.63. The first-order chi connectivity index (χ1) is 15.4. The van der Waals surface area contributed by atoms with Gasteiger partial charge in [-0.05, 0) is 54.4 Å². The minimum absolute atomic E-state index is 0.0185. The summed E-state index contributed by atoms with van der Waals surface area (Å²) in [5.41, 5.74) is 4.57. The normalized spacial score (nSPS) is 16.4. The number of amides is 2. The van der Waals surface area contributed by atoms with E-state index in [-0.39, 0.29) is 36.8 Å². The number of nitrogens with one attached hydrogen (secondary N) is 2. The summed E-state index contributed by atoms with van der Waals surface area (Å²) >= 11 is 0. The first-order valence-corrected chi connectivity index (χ1v) is 11.1. The first-order valence-electron chi connectivity index (χ1n) is 11.1. The van der Waals surface area contributed by atoms with Crippen molar-refractivity contribution in [3.8, 4) is 11.1 Å². The van der Waals surface area contributed by atoms with Crippen molar-refractivity contribution in [1.82, 2.24) is 10.6 Å². The summed E-state index contributed by atoms with van der Waals surface area (Å²) in [6.45, 7) is 1.95. The summed E-state index contributed by atoms with van der Waals surface area (Å²) in [5, 5.41) is 14.4. The molecule has 2 aliphatic rings. The number of carboxylic acid groups (broad SMARTS) is 1. The summed E-state index contributed by atoms with van der Waals surface area (Å²) in [5.74, 6) is -1.15. The highest BCUT2D eigenvalue weighted by Gasteiger charge is 2.38. The zero-order chi connectivity index (χ0) is 22.7. The molecule has 0 radical (unpaired) electrons. The molecule has 1 saturated carbocycles. The van der Waals surface area contributed by atoms with E-state index in [1.165, 1.54) is 0 Å². The predicted molar refractivity (Wildman–Crippen MR) is 119 cm³/mol. The average Bonchev–Trinajstić information content (AvgIpc) is 3.57. The van der Waals surface area contributed by atoms with Gasteiger partial charge in [-0.2, -0.15) is 0 Å². The second kappa shape index (κ2) is 9.42. The average molecular weight is 437 g/mol. The molecule has 2 atom stereocenters. The van der Waals surface area contributed by atoms with E-state index in [1.807, 2.05) is 24.3 Å². The van der Waals surface area contributed by atoms with E-state index >= 15 is 0 Å². The molecule has 2 amide bonds. The molecule has 3 N–H and O–H groups in total. The van der Waals surface area contributed by atoms with Crippen molar-refractivity contribution in [1.29, 1.82) is 0 Å². The zero-order valence-corrected chi connectivity index (χ0v) is 18.0. The molecule has 0 saturated heterocycles. The van der Waals surface area contributed by atoms with Gasteiger partial charge < -0.3 is 20.5 Å². The lowest BCUT2D eigenvalue weighted by molar-refractivity contribution is -0.137. The van der Waals surface area contributed by atoms with Gasteiger partial charge in [0.05, 0.1) is 0 Å². The number of carboxylic acids is 1. The van der Waals surface area contributed by atoms with Crippen molar-refractivity contribution >= 4 is 18.0 Å². The number of benzene rings is 2. The van der Waals surface area contributed by atoms with Gasteiger partial charge in [-0.25, -0.2) is 4.79 Å². The number of alkyl carbamates (subject to hydrolysis) is 1. The lowest BCUT2D eigenvalue weighted by atomic mass is 9.98. The molecule has 0 spiro atoms. The number of carbonyl (C=O) groups is 3. The summed E-state index contributed by atoms with van der Waals surface area (Å²) in [6.07, 6.45) is 1.44. The number of fused-ring (bicyclic) bond motifs is 3. The molecular weight excluding hydrogens is 408 g/mol. The van der Waals surface area contributed by atoms with E-state index in [9.17, 15) is 14.4 Å². The second-order valence-corrected chi connectivity index (χ2v) is 8.63. The molecule has 2 aliphatic carbocycles. The summed E-state index contributed by atoms with van der Waals surface area (Å²) in [4.78, 5) is 36.0. The minimum atomic E-state index is -0.901. The molecule has 0 bridgehead atoms. The largest absolute Gasteiger partial charge is 0.481 e. The molecule has 2 aromatic carbocycles. The Bertz CT molecular complexity index is 971. The summed E-state index contributed by atoms with van der Waals surface area (Å²) in [7, 11) is 0. The van der Waals surface area contributed by atoms with Crippen LogP contribution in [0.3, 0.4) is 0 Å². The lowest BCUT2D eigenvalue weighted by Gasteiger charge is -2.21. The quantitative estimate of drug-likeness (QED) is 0.556. The van der Waals surface area contributed by atoms with Crippen molar-refractivity contribution < 1.29 is 24.2 Å². The van der Waals surface area contributed by atoms with Gasteiger partial charge in [0.2, 0.25) is 5.91 Å². The van der Waals surface area contributed by atoms with Crippen LogP contribution >= 0.6 is 0 Å². The Labute approximate surface area is 187 Å². The van der Waals surface area contributed by atoms with E-state index in [0.29, 0.717) is 6.42 Å². The van der Waals surface area contributed by atoms with Crippen LogP contribution in [0.5, 0.6) is 0 Å². The number of rotatable bonds is 9. The van der Waals surface area contributed by atoms with Crippen molar-refractivity contribution in [2.24, 2.45) is 5.92 Å². The molecular formula is C25H28N2O5.